The molecule has 2 aromatic carbocycles. The summed E-state index contributed by atoms with van der Waals surface area (Å²) in [5.74, 6) is 1.97. The summed E-state index contributed by atoms with van der Waals surface area (Å²) in [4.78, 5) is 12.6. The van der Waals surface area contributed by atoms with Crippen molar-refractivity contribution in [2.75, 3.05) is 47.6 Å². The number of hydrogen-bond donors (Lipinski definition) is 2. The minimum absolute atomic E-state index is 0.165. The maximum absolute atomic E-state index is 12.6. The highest BCUT2D eigenvalue weighted by Gasteiger charge is 2.15. The van der Waals surface area contributed by atoms with Crippen molar-refractivity contribution >= 4 is 11.9 Å². The Kier molecular flexibility index (Phi) is 10.4. The number of ether oxygens (including phenoxy) is 4. The van der Waals surface area contributed by atoms with Crippen LogP contribution in [-0.4, -0.2) is 53.4 Å². The average molecular weight is 429 g/mol. The van der Waals surface area contributed by atoms with Crippen LogP contribution in [0.15, 0.2) is 42.5 Å². The van der Waals surface area contributed by atoms with Gasteiger partial charge in [-0.3, -0.25) is 4.79 Å². The van der Waals surface area contributed by atoms with Gasteiger partial charge in [-0.1, -0.05) is 18.2 Å². The summed E-state index contributed by atoms with van der Waals surface area (Å²) >= 11 is 0. The second-order valence-corrected chi connectivity index (χ2v) is 6.77. The highest BCUT2D eigenvalue weighted by molar-refractivity contribution is 6.07. The fourth-order valence-corrected chi connectivity index (χ4v) is 2.91. The number of allylic oxidation sites excluding steroid dienone is 1. The van der Waals surface area contributed by atoms with Crippen LogP contribution in [0.4, 0.5) is 0 Å². The van der Waals surface area contributed by atoms with Crippen LogP contribution in [0.25, 0.3) is 6.08 Å². The van der Waals surface area contributed by atoms with Crippen molar-refractivity contribution in [2.24, 2.45) is 5.73 Å². The molecule has 3 N–H and O–H groups in total. The van der Waals surface area contributed by atoms with E-state index in [-0.39, 0.29) is 5.78 Å². The molecule has 0 heterocycles. The lowest BCUT2D eigenvalue weighted by atomic mass is 10.1. The van der Waals surface area contributed by atoms with Crippen molar-refractivity contribution in [3.63, 3.8) is 0 Å². The third-order valence-corrected chi connectivity index (χ3v) is 4.58. The summed E-state index contributed by atoms with van der Waals surface area (Å²) in [6, 6.07) is 10.9. The van der Waals surface area contributed by atoms with Crippen molar-refractivity contribution in [1.82, 2.24) is 5.32 Å². The number of carbonyl (C=O) groups excluding carboxylic acids is 1. The van der Waals surface area contributed by atoms with Gasteiger partial charge in [0.05, 0.1) is 27.9 Å². The van der Waals surface area contributed by atoms with Gasteiger partial charge in [0, 0.05) is 5.56 Å². The maximum Gasteiger partial charge on any atom is 0.203 e. The van der Waals surface area contributed by atoms with E-state index in [1.807, 2.05) is 24.3 Å². The number of nitrogens with one attached hydrogen (secondary N) is 1. The van der Waals surface area contributed by atoms with Crippen LogP contribution in [0.5, 0.6) is 23.0 Å². The second-order valence-electron chi connectivity index (χ2n) is 6.77. The van der Waals surface area contributed by atoms with Crippen molar-refractivity contribution in [3.05, 3.63) is 53.6 Å². The molecule has 31 heavy (non-hydrogen) atoms. The van der Waals surface area contributed by atoms with Crippen LogP contribution in [-0.2, 0) is 0 Å². The van der Waals surface area contributed by atoms with E-state index in [1.165, 1.54) is 27.4 Å². The molecule has 0 atom stereocenters. The Labute approximate surface area is 184 Å². The molecule has 0 aliphatic carbocycles. The average Bonchev–Trinajstić information content (AvgIpc) is 2.81. The quantitative estimate of drug-likeness (QED) is 0.271. The molecule has 0 aromatic heterocycles. The molecule has 0 bridgehead atoms. The number of carbonyl (C=O) groups is 1. The molecule has 168 valence electrons. The molecule has 7 nitrogen and oxygen atoms in total. The van der Waals surface area contributed by atoms with Gasteiger partial charge < -0.3 is 30.0 Å². The van der Waals surface area contributed by atoms with E-state index in [4.69, 9.17) is 24.7 Å². The number of rotatable bonds is 14. The third-order valence-electron chi connectivity index (χ3n) is 4.58. The van der Waals surface area contributed by atoms with E-state index in [0.29, 0.717) is 36.0 Å². The Morgan fingerprint density at radius 3 is 2.19 bits per heavy atom. The van der Waals surface area contributed by atoms with Crippen LogP contribution < -0.4 is 30.0 Å². The fraction of sp³-hybridized carbons (Fsp3) is 0.375. The van der Waals surface area contributed by atoms with Crippen molar-refractivity contribution in [3.8, 4) is 23.0 Å². The zero-order valence-corrected chi connectivity index (χ0v) is 18.5. The van der Waals surface area contributed by atoms with Crippen molar-refractivity contribution < 1.29 is 23.7 Å². The van der Waals surface area contributed by atoms with Gasteiger partial charge in [0.15, 0.2) is 17.3 Å². The summed E-state index contributed by atoms with van der Waals surface area (Å²) < 4.78 is 21.6. The normalized spacial score (nSPS) is 10.8. The Morgan fingerprint density at radius 2 is 1.61 bits per heavy atom. The molecule has 7 heteroatoms. The number of benzene rings is 2. The standard InChI is InChI=1S/C24H32N2O5/c1-28-22-16-19(17-23(29-2)24(22)30-3)21(27)11-8-18-6-9-20(10-7-18)31-15-5-14-26-13-4-12-25/h6-11,16-17,26H,4-5,12-15,25H2,1-3H3/b11-8+. The molecule has 0 unspecified atom stereocenters. The predicted molar refractivity (Wildman–Crippen MR) is 123 cm³/mol. The smallest absolute Gasteiger partial charge is 0.203 e. The number of methoxy groups -OCH3 is 3. The molecule has 0 fully saturated rings. The van der Waals surface area contributed by atoms with E-state index >= 15 is 0 Å². The predicted octanol–water partition coefficient (Wildman–Crippen LogP) is 3.32. The first-order valence-corrected chi connectivity index (χ1v) is 10.3. The third kappa shape index (κ3) is 7.62. The van der Waals surface area contributed by atoms with Gasteiger partial charge in [0.1, 0.15) is 5.75 Å². The molecule has 0 radical (unpaired) electrons. The van der Waals surface area contributed by atoms with Crippen LogP contribution >= 0.6 is 0 Å². The minimum Gasteiger partial charge on any atom is -0.494 e. The van der Waals surface area contributed by atoms with Gasteiger partial charge in [0.25, 0.3) is 0 Å². The molecule has 2 aromatic rings. The molecule has 0 aliphatic heterocycles. The number of ketones is 1. The van der Waals surface area contributed by atoms with Gasteiger partial charge in [-0.25, -0.2) is 0 Å². The van der Waals surface area contributed by atoms with Gasteiger partial charge in [-0.2, -0.15) is 0 Å². The largest absolute Gasteiger partial charge is 0.494 e. The summed E-state index contributed by atoms with van der Waals surface area (Å²) in [6.45, 7) is 3.19. The van der Waals surface area contributed by atoms with Gasteiger partial charge in [-0.15, -0.1) is 0 Å². The molecule has 2 rings (SSSR count). The van der Waals surface area contributed by atoms with Crippen LogP contribution in [0.2, 0.25) is 0 Å². The van der Waals surface area contributed by atoms with E-state index in [1.54, 1.807) is 18.2 Å². The summed E-state index contributed by atoms with van der Waals surface area (Å²) in [5.41, 5.74) is 6.81. The summed E-state index contributed by atoms with van der Waals surface area (Å²) in [7, 11) is 4.56. The SMILES string of the molecule is COc1cc(C(=O)/C=C/c2ccc(OCCCNCCCN)cc2)cc(OC)c1OC. The summed E-state index contributed by atoms with van der Waals surface area (Å²) in [5, 5.41) is 3.32. The fourth-order valence-electron chi connectivity index (χ4n) is 2.91. The van der Waals surface area contributed by atoms with Crippen molar-refractivity contribution in [2.45, 2.75) is 12.8 Å². The molecule has 0 aliphatic rings. The Balaban J connectivity index is 1.91. The van der Waals surface area contributed by atoms with Crippen LogP contribution in [0.1, 0.15) is 28.8 Å². The van der Waals surface area contributed by atoms with E-state index in [2.05, 4.69) is 5.32 Å². The van der Waals surface area contributed by atoms with E-state index in [0.717, 1.165) is 37.2 Å². The Hall–Kier alpha value is -3.03. The number of nitrogens with two attached hydrogens (primary N) is 1. The molecular formula is C24H32N2O5. The molecular weight excluding hydrogens is 396 g/mol. The van der Waals surface area contributed by atoms with Gasteiger partial charge >= 0.3 is 0 Å². The monoisotopic (exact) mass is 428 g/mol. The maximum atomic E-state index is 12.6. The Morgan fingerprint density at radius 1 is 0.968 bits per heavy atom. The lowest BCUT2D eigenvalue weighted by Crippen LogP contribution is -2.20. The molecule has 0 spiro atoms. The lowest BCUT2D eigenvalue weighted by Gasteiger charge is -2.13. The first-order valence-electron chi connectivity index (χ1n) is 10.3. The van der Waals surface area contributed by atoms with Gasteiger partial charge in [-0.05, 0) is 68.4 Å². The molecule has 0 saturated heterocycles. The van der Waals surface area contributed by atoms with Crippen LogP contribution in [0, 0.1) is 0 Å². The molecule has 0 saturated carbocycles. The highest BCUT2D eigenvalue weighted by Crippen LogP contribution is 2.38. The van der Waals surface area contributed by atoms with E-state index in [9.17, 15) is 4.79 Å². The van der Waals surface area contributed by atoms with Crippen molar-refractivity contribution in [1.29, 1.82) is 0 Å². The number of hydrogen-bond acceptors (Lipinski definition) is 7. The zero-order chi connectivity index (χ0) is 22.5. The van der Waals surface area contributed by atoms with E-state index < -0.39 is 0 Å². The first kappa shape index (κ1) is 24.2. The molecule has 0 amide bonds. The second kappa shape index (κ2) is 13.3. The first-order chi connectivity index (χ1) is 15.1. The zero-order valence-electron chi connectivity index (χ0n) is 18.5. The lowest BCUT2D eigenvalue weighted by molar-refractivity contribution is 0.104. The topological polar surface area (TPSA) is 92.0 Å². The van der Waals surface area contributed by atoms with Gasteiger partial charge in [0.2, 0.25) is 5.75 Å². The Bertz CT molecular complexity index is 825. The minimum atomic E-state index is -0.165. The van der Waals surface area contributed by atoms with Crippen LogP contribution in [0.3, 0.4) is 0 Å². The summed E-state index contributed by atoms with van der Waals surface area (Å²) in [6.07, 6.45) is 5.19. The highest BCUT2D eigenvalue weighted by atomic mass is 16.5.